The van der Waals surface area contributed by atoms with E-state index >= 15 is 0 Å². The lowest BCUT2D eigenvalue weighted by molar-refractivity contribution is 0.184. The molecule has 0 spiro atoms. The van der Waals surface area contributed by atoms with Crippen molar-refractivity contribution in [1.29, 1.82) is 0 Å². The van der Waals surface area contributed by atoms with Crippen LogP contribution in [0.3, 0.4) is 0 Å². The van der Waals surface area contributed by atoms with E-state index in [-0.39, 0.29) is 0 Å². The van der Waals surface area contributed by atoms with Crippen molar-refractivity contribution in [2.24, 2.45) is 5.92 Å². The molecule has 0 amide bonds. The molecular formula is C15H24O. The first kappa shape index (κ1) is 13.1. The molecule has 1 heteroatoms. The predicted molar refractivity (Wildman–Crippen MR) is 70.2 cm³/mol. The molecule has 1 atom stereocenters. The van der Waals surface area contributed by atoms with Gasteiger partial charge in [-0.25, -0.2) is 0 Å². The van der Waals surface area contributed by atoms with Crippen LogP contribution >= 0.6 is 0 Å². The Morgan fingerprint density at radius 1 is 1.44 bits per heavy atom. The van der Waals surface area contributed by atoms with Crippen LogP contribution in [-0.2, 0) is 4.74 Å². The van der Waals surface area contributed by atoms with Crippen molar-refractivity contribution in [1.82, 2.24) is 0 Å². The van der Waals surface area contributed by atoms with Crippen LogP contribution in [0.4, 0.5) is 0 Å². The smallest absolute Gasteiger partial charge is 0.0939 e. The maximum absolute atomic E-state index is 5.66. The van der Waals surface area contributed by atoms with Crippen LogP contribution in [0, 0.1) is 5.92 Å². The van der Waals surface area contributed by atoms with Crippen LogP contribution in [0.5, 0.6) is 0 Å². The van der Waals surface area contributed by atoms with E-state index in [1.54, 1.807) is 5.57 Å². The zero-order valence-corrected chi connectivity index (χ0v) is 11.0. The van der Waals surface area contributed by atoms with Gasteiger partial charge >= 0.3 is 0 Å². The van der Waals surface area contributed by atoms with Gasteiger partial charge in [0.25, 0.3) is 0 Å². The van der Waals surface area contributed by atoms with Crippen molar-refractivity contribution in [2.75, 3.05) is 6.61 Å². The molecule has 0 unspecified atom stereocenters. The fraction of sp³-hybridized carbons (Fsp3) is 0.600. The summed E-state index contributed by atoms with van der Waals surface area (Å²) in [6.07, 6.45) is 10.2. The lowest BCUT2D eigenvalue weighted by Crippen LogP contribution is -2.10. The Bertz CT molecular complexity index is 307. The third-order valence-corrected chi connectivity index (χ3v) is 3.32. The molecule has 0 aromatic heterocycles. The van der Waals surface area contributed by atoms with Gasteiger partial charge in [-0.05, 0) is 33.1 Å². The molecule has 0 N–H and O–H groups in total. The quantitative estimate of drug-likeness (QED) is 0.614. The highest BCUT2D eigenvalue weighted by Crippen LogP contribution is 2.26. The molecule has 0 aliphatic heterocycles. The highest BCUT2D eigenvalue weighted by Gasteiger charge is 2.12. The molecule has 1 nitrogen and oxygen atoms in total. The first-order valence-corrected chi connectivity index (χ1v) is 6.31. The molecule has 1 aliphatic carbocycles. The van der Waals surface area contributed by atoms with Crippen LogP contribution in [0.25, 0.3) is 0 Å². The van der Waals surface area contributed by atoms with Crippen LogP contribution < -0.4 is 0 Å². The van der Waals surface area contributed by atoms with Crippen LogP contribution in [0.2, 0.25) is 0 Å². The monoisotopic (exact) mass is 220 g/mol. The van der Waals surface area contributed by atoms with Gasteiger partial charge in [0.2, 0.25) is 0 Å². The first-order valence-electron chi connectivity index (χ1n) is 6.31. The average molecular weight is 220 g/mol. The standard InChI is InChI=1S/C15H24O/c1-5-13(4)16-11-12(3)15-9-7-14(6-2)8-10-15/h5,7,9,12H,6,8,10-11H2,1-4H3/b13-5+/t12-/m1/s1. The number of rotatable bonds is 5. The van der Waals surface area contributed by atoms with E-state index in [4.69, 9.17) is 4.74 Å². The molecule has 1 rings (SSSR count). The Morgan fingerprint density at radius 2 is 2.19 bits per heavy atom. The Balaban J connectivity index is 2.46. The summed E-state index contributed by atoms with van der Waals surface area (Å²) in [7, 11) is 0. The Labute approximate surface area is 99.9 Å². The lowest BCUT2D eigenvalue weighted by Gasteiger charge is -2.20. The molecule has 0 aromatic rings. The van der Waals surface area contributed by atoms with Gasteiger partial charge in [-0.15, -0.1) is 0 Å². The summed E-state index contributed by atoms with van der Waals surface area (Å²) in [6.45, 7) is 9.30. The molecule has 0 heterocycles. The molecule has 90 valence electrons. The second kappa shape index (κ2) is 6.57. The van der Waals surface area contributed by atoms with Crippen LogP contribution in [-0.4, -0.2) is 6.61 Å². The minimum absolute atomic E-state index is 0.532. The third-order valence-electron chi connectivity index (χ3n) is 3.32. The van der Waals surface area contributed by atoms with Crippen LogP contribution in [0.15, 0.2) is 35.1 Å². The zero-order chi connectivity index (χ0) is 12.0. The average Bonchev–Trinajstić information content (AvgIpc) is 2.35. The SMILES string of the molecule is C/C=C(\C)OC[C@@H](C)C1=CC=C(CC)CC1. The van der Waals surface area contributed by atoms with E-state index in [0.29, 0.717) is 5.92 Å². The number of allylic oxidation sites excluding steroid dienone is 5. The minimum Gasteiger partial charge on any atom is -0.498 e. The molecule has 0 saturated heterocycles. The topological polar surface area (TPSA) is 9.23 Å². The zero-order valence-electron chi connectivity index (χ0n) is 11.0. The highest BCUT2D eigenvalue weighted by molar-refractivity contribution is 5.25. The van der Waals surface area contributed by atoms with Crippen molar-refractivity contribution in [2.45, 2.75) is 47.0 Å². The summed E-state index contributed by atoms with van der Waals surface area (Å²) in [6, 6.07) is 0. The van der Waals surface area contributed by atoms with Crippen molar-refractivity contribution >= 4 is 0 Å². The molecule has 0 fully saturated rings. The van der Waals surface area contributed by atoms with Crippen molar-refractivity contribution < 1.29 is 4.74 Å². The van der Waals surface area contributed by atoms with Gasteiger partial charge in [-0.2, -0.15) is 0 Å². The summed E-state index contributed by atoms with van der Waals surface area (Å²) < 4.78 is 5.66. The maximum Gasteiger partial charge on any atom is 0.0939 e. The predicted octanol–water partition coefficient (Wildman–Crippen LogP) is 4.62. The molecule has 0 saturated carbocycles. The fourth-order valence-electron chi connectivity index (χ4n) is 1.85. The maximum atomic E-state index is 5.66. The number of ether oxygens (including phenoxy) is 1. The second-order valence-electron chi connectivity index (χ2n) is 4.53. The van der Waals surface area contributed by atoms with Gasteiger partial charge in [0.15, 0.2) is 0 Å². The van der Waals surface area contributed by atoms with Gasteiger partial charge in [0.1, 0.15) is 0 Å². The fourth-order valence-corrected chi connectivity index (χ4v) is 1.85. The van der Waals surface area contributed by atoms with E-state index in [1.165, 1.54) is 24.8 Å². The highest BCUT2D eigenvalue weighted by atomic mass is 16.5. The van der Waals surface area contributed by atoms with E-state index in [9.17, 15) is 0 Å². The van der Waals surface area contributed by atoms with Crippen molar-refractivity contribution in [3.05, 3.63) is 35.1 Å². The Kier molecular flexibility index (Phi) is 5.37. The van der Waals surface area contributed by atoms with Crippen molar-refractivity contribution in [3.8, 4) is 0 Å². The third kappa shape index (κ3) is 3.88. The van der Waals surface area contributed by atoms with Gasteiger partial charge < -0.3 is 4.74 Å². The molecular weight excluding hydrogens is 196 g/mol. The summed E-state index contributed by atoms with van der Waals surface area (Å²) in [4.78, 5) is 0. The van der Waals surface area contributed by atoms with E-state index < -0.39 is 0 Å². The molecule has 0 bridgehead atoms. The lowest BCUT2D eigenvalue weighted by atomic mass is 9.90. The molecule has 16 heavy (non-hydrogen) atoms. The van der Waals surface area contributed by atoms with E-state index in [2.05, 4.69) is 26.0 Å². The molecule has 0 aromatic carbocycles. The van der Waals surface area contributed by atoms with E-state index in [1.807, 2.05) is 19.9 Å². The first-order chi connectivity index (χ1) is 7.67. The van der Waals surface area contributed by atoms with Gasteiger partial charge in [0, 0.05) is 5.92 Å². The van der Waals surface area contributed by atoms with Gasteiger partial charge in [-0.3, -0.25) is 0 Å². The Hall–Kier alpha value is -0.980. The van der Waals surface area contributed by atoms with E-state index in [0.717, 1.165) is 12.4 Å². The molecule has 0 radical (unpaired) electrons. The summed E-state index contributed by atoms with van der Waals surface area (Å²) in [5, 5.41) is 0. The minimum atomic E-state index is 0.532. The summed E-state index contributed by atoms with van der Waals surface area (Å²) >= 11 is 0. The normalized spacial score (nSPS) is 18.9. The second-order valence-corrected chi connectivity index (χ2v) is 4.53. The summed E-state index contributed by atoms with van der Waals surface area (Å²) in [5.74, 6) is 1.55. The number of hydrogen-bond donors (Lipinski definition) is 0. The number of hydrogen-bond acceptors (Lipinski definition) is 1. The van der Waals surface area contributed by atoms with Gasteiger partial charge in [-0.1, -0.05) is 43.2 Å². The Morgan fingerprint density at radius 3 is 2.69 bits per heavy atom. The summed E-state index contributed by atoms with van der Waals surface area (Å²) in [5.41, 5.74) is 3.10. The van der Waals surface area contributed by atoms with Gasteiger partial charge in [0.05, 0.1) is 12.4 Å². The van der Waals surface area contributed by atoms with Crippen molar-refractivity contribution in [3.63, 3.8) is 0 Å². The largest absolute Gasteiger partial charge is 0.498 e. The van der Waals surface area contributed by atoms with Crippen LogP contribution in [0.1, 0.15) is 47.0 Å². The molecule has 1 aliphatic rings.